The minimum atomic E-state index is 0. The van der Waals surface area contributed by atoms with Crippen molar-refractivity contribution in [1.29, 1.82) is 0 Å². The molecule has 136 valence electrons. The van der Waals surface area contributed by atoms with Gasteiger partial charge in [0.15, 0.2) is 5.96 Å². The summed E-state index contributed by atoms with van der Waals surface area (Å²) < 4.78 is 5.39. The van der Waals surface area contributed by atoms with Crippen LogP contribution in [0, 0.1) is 11.8 Å². The van der Waals surface area contributed by atoms with Crippen LogP contribution in [0.25, 0.3) is 0 Å². The number of nitrogens with zero attached hydrogens (tertiary/aromatic N) is 2. The van der Waals surface area contributed by atoms with Crippen molar-refractivity contribution in [2.75, 3.05) is 32.5 Å². The number of para-hydroxylation sites is 1. The van der Waals surface area contributed by atoms with Crippen molar-refractivity contribution in [2.45, 2.75) is 31.6 Å². The molecule has 0 aromatic heterocycles. The van der Waals surface area contributed by atoms with Gasteiger partial charge in [0, 0.05) is 30.3 Å². The van der Waals surface area contributed by atoms with Crippen molar-refractivity contribution in [3.63, 3.8) is 0 Å². The molecule has 1 saturated heterocycles. The van der Waals surface area contributed by atoms with Gasteiger partial charge in [0.1, 0.15) is 5.75 Å². The van der Waals surface area contributed by atoms with Gasteiger partial charge in [-0.1, -0.05) is 26.0 Å². The molecule has 0 amide bonds. The molecule has 0 aliphatic carbocycles. The highest BCUT2D eigenvalue weighted by Gasteiger charge is 2.17. The number of hydrogen-bond donors (Lipinski definition) is 1. The summed E-state index contributed by atoms with van der Waals surface area (Å²) in [5.41, 5.74) is 6.16. The molecule has 1 aromatic rings. The number of rotatable bonds is 6. The molecule has 1 fully saturated rings. The Morgan fingerprint density at radius 1 is 1.46 bits per heavy atom. The molecular weight excluding hydrogens is 433 g/mol. The second-order valence-corrected chi connectivity index (χ2v) is 7.52. The van der Waals surface area contributed by atoms with E-state index in [1.165, 1.54) is 17.7 Å². The molecule has 2 atom stereocenters. The highest BCUT2D eigenvalue weighted by atomic mass is 127. The number of nitrogens with two attached hydrogens (primary N) is 1. The first-order valence-corrected chi connectivity index (χ1v) is 9.39. The van der Waals surface area contributed by atoms with E-state index >= 15 is 0 Å². The van der Waals surface area contributed by atoms with E-state index in [0.717, 1.165) is 37.1 Å². The van der Waals surface area contributed by atoms with Crippen molar-refractivity contribution in [3.05, 3.63) is 24.3 Å². The van der Waals surface area contributed by atoms with E-state index in [1.54, 1.807) is 7.11 Å². The van der Waals surface area contributed by atoms with Crippen molar-refractivity contribution < 1.29 is 4.74 Å². The molecule has 0 saturated carbocycles. The van der Waals surface area contributed by atoms with Crippen LogP contribution in [0.2, 0.25) is 0 Å². The average Bonchev–Trinajstić information content (AvgIpc) is 2.58. The third-order valence-corrected chi connectivity index (χ3v) is 5.52. The van der Waals surface area contributed by atoms with E-state index in [9.17, 15) is 0 Å². The highest BCUT2D eigenvalue weighted by Crippen LogP contribution is 2.30. The molecule has 2 unspecified atom stereocenters. The summed E-state index contributed by atoms with van der Waals surface area (Å²) in [7, 11) is 1.72. The number of aliphatic imine (C=N–C) groups is 1. The average molecular weight is 463 g/mol. The smallest absolute Gasteiger partial charge is 0.191 e. The van der Waals surface area contributed by atoms with Crippen LogP contribution >= 0.6 is 35.7 Å². The first-order chi connectivity index (χ1) is 11.1. The lowest BCUT2D eigenvalue weighted by Gasteiger charge is -2.31. The summed E-state index contributed by atoms with van der Waals surface area (Å²) in [5, 5.41) is 0. The van der Waals surface area contributed by atoms with Gasteiger partial charge in [0.25, 0.3) is 0 Å². The summed E-state index contributed by atoms with van der Waals surface area (Å²) in [6.45, 7) is 7.37. The summed E-state index contributed by atoms with van der Waals surface area (Å²) in [6.07, 6.45) is 2.52. The van der Waals surface area contributed by atoms with E-state index in [4.69, 9.17) is 10.5 Å². The summed E-state index contributed by atoms with van der Waals surface area (Å²) in [5.74, 6) is 3.86. The van der Waals surface area contributed by atoms with E-state index in [2.05, 4.69) is 29.8 Å². The molecule has 0 bridgehead atoms. The zero-order chi connectivity index (χ0) is 16.7. The molecule has 2 N–H and O–H groups in total. The summed E-state index contributed by atoms with van der Waals surface area (Å²) in [6, 6.07) is 8.14. The van der Waals surface area contributed by atoms with Crippen LogP contribution in [0.1, 0.15) is 26.7 Å². The van der Waals surface area contributed by atoms with Crippen molar-refractivity contribution in [2.24, 2.45) is 22.6 Å². The number of benzene rings is 1. The van der Waals surface area contributed by atoms with Crippen LogP contribution in [0.5, 0.6) is 5.75 Å². The fourth-order valence-corrected chi connectivity index (χ4v) is 3.81. The van der Waals surface area contributed by atoms with Gasteiger partial charge >= 0.3 is 0 Å². The third-order valence-electron chi connectivity index (χ3n) is 4.14. The summed E-state index contributed by atoms with van der Waals surface area (Å²) >= 11 is 1.82. The number of piperidine rings is 1. The molecule has 2 rings (SSSR count). The standard InChI is InChI=1S/C18H29N3OS.HI/c1-14-7-6-10-21(12-14)18(19)20-11-15(2)13-23-17-9-5-4-8-16(17)22-3;/h4-5,8-9,14-15H,6-7,10-13H2,1-3H3,(H2,19,20);1H. The van der Waals surface area contributed by atoms with E-state index in [1.807, 2.05) is 30.0 Å². The molecule has 1 heterocycles. The van der Waals surface area contributed by atoms with Gasteiger partial charge in [-0.25, -0.2) is 0 Å². The van der Waals surface area contributed by atoms with E-state index < -0.39 is 0 Å². The lowest BCUT2D eigenvalue weighted by atomic mass is 10.0. The van der Waals surface area contributed by atoms with E-state index in [-0.39, 0.29) is 24.0 Å². The Hall–Kier alpha value is -0.630. The topological polar surface area (TPSA) is 50.9 Å². The highest BCUT2D eigenvalue weighted by molar-refractivity contribution is 14.0. The number of methoxy groups -OCH3 is 1. The summed E-state index contributed by atoms with van der Waals surface area (Å²) in [4.78, 5) is 8.03. The monoisotopic (exact) mass is 463 g/mol. The lowest BCUT2D eigenvalue weighted by molar-refractivity contribution is 0.270. The predicted molar refractivity (Wildman–Crippen MR) is 115 cm³/mol. The first kappa shape index (κ1) is 21.4. The molecule has 24 heavy (non-hydrogen) atoms. The number of guanidine groups is 1. The Morgan fingerprint density at radius 3 is 2.92 bits per heavy atom. The molecule has 6 heteroatoms. The number of ether oxygens (including phenoxy) is 1. The van der Waals surface area contributed by atoms with Crippen LogP contribution in [-0.2, 0) is 0 Å². The van der Waals surface area contributed by atoms with Gasteiger partial charge in [-0.3, -0.25) is 4.99 Å². The minimum absolute atomic E-state index is 0. The second-order valence-electron chi connectivity index (χ2n) is 6.46. The number of likely N-dealkylation sites (tertiary alicyclic amines) is 1. The maximum absolute atomic E-state index is 6.16. The Balaban J connectivity index is 0.00000288. The van der Waals surface area contributed by atoms with Crippen LogP contribution in [0.15, 0.2) is 34.2 Å². The Bertz CT molecular complexity index is 527. The lowest BCUT2D eigenvalue weighted by Crippen LogP contribution is -2.43. The van der Waals surface area contributed by atoms with Gasteiger partial charge in [-0.15, -0.1) is 35.7 Å². The van der Waals surface area contributed by atoms with Gasteiger partial charge in [0.05, 0.1) is 7.11 Å². The molecule has 0 radical (unpaired) electrons. The Kier molecular flexibility index (Phi) is 9.88. The molecule has 1 aromatic carbocycles. The van der Waals surface area contributed by atoms with Crippen molar-refractivity contribution >= 4 is 41.7 Å². The Labute approximate surface area is 167 Å². The zero-order valence-corrected chi connectivity index (χ0v) is 18.1. The zero-order valence-electron chi connectivity index (χ0n) is 14.9. The number of halogens is 1. The fourth-order valence-electron chi connectivity index (χ4n) is 2.77. The molecule has 4 nitrogen and oxygen atoms in total. The van der Waals surface area contributed by atoms with Crippen LogP contribution in [0.3, 0.4) is 0 Å². The van der Waals surface area contributed by atoms with Crippen molar-refractivity contribution in [1.82, 2.24) is 4.90 Å². The number of thioether (sulfide) groups is 1. The fraction of sp³-hybridized carbons (Fsp3) is 0.611. The van der Waals surface area contributed by atoms with Crippen LogP contribution in [-0.4, -0.2) is 43.4 Å². The molecule has 1 aliphatic heterocycles. The van der Waals surface area contributed by atoms with Crippen LogP contribution < -0.4 is 10.5 Å². The Morgan fingerprint density at radius 2 is 2.21 bits per heavy atom. The van der Waals surface area contributed by atoms with Gasteiger partial charge in [0.2, 0.25) is 0 Å². The first-order valence-electron chi connectivity index (χ1n) is 8.40. The van der Waals surface area contributed by atoms with E-state index in [0.29, 0.717) is 11.9 Å². The molecule has 0 spiro atoms. The normalized spacial score (nSPS) is 19.5. The minimum Gasteiger partial charge on any atom is -0.496 e. The second kappa shape index (κ2) is 11.1. The number of hydrogen-bond acceptors (Lipinski definition) is 3. The van der Waals surface area contributed by atoms with Gasteiger partial charge in [-0.2, -0.15) is 0 Å². The maximum Gasteiger partial charge on any atom is 0.191 e. The molecular formula is C18H30IN3OS. The quantitative estimate of drug-likeness (QED) is 0.299. The third kappa shape index (κ3) is 6.70. The van der Waals surface area contributed by atoms with Crippen molar-refractivity contribution in [3.8, 4) is 5.75 Å². The largest absolute Gasteiger partial charge is 0.496 e. The van der Waals surface area contributed by atoms with Gasteiger partial charge < -0.3 is 15.4 Å². The SMILES string of the molecule is COc1ccccc1SCC(C)CN=C(N)N1CCCC(C)C1.I. The predicted octanol–water partition coefficient (Wildman–Crippen LogP) is 4.09. The van der Waals surface area contributed by atoms with Gasteiger partial charge in [-0.05, 0) is 36.8 Å². The molecule has 1 aliphatic rings. The maximum atomic E-state index is 6.16. The van der Waals surface area contributed by atoms with Crippen LogP contribution in [0.4, 0.5) is 0 Å².